The predicted octanol–water partition coefficient (Wildman–Crippen LogP) is 2.69. The highest BCUT2D eigenvalue weighted by Gasteiger charge is 2.02. The highest BCUT2D eigenvalue weighted by molar-refractivity contribution is 8.13. The summed E-state index contributed by atoms with van der Waals surface area (Å²) in [5, 5.41) is 0.0350. The fraction of sp³-hybridized carbons (Fsp3) is 0.0909. The van der Waals surface area contributed by atoms with Crippen LogP contribution in [0.25, 0.3) is 0 Å². The van der Waals surface area contributed by atoms with Gasteiger partial charge in [-0.3, -0.25) is 9.59 Å². The number of rotatable bonds is 3. The molecule has 0 spiro atoms. The van der Waals surface area contributed by atoms with E-state index in [9.17, 15) is 9.59 Å². The van der Waals surface area contributed by atoms with Crippen molar-refractivity contribution in [3.63, 3.8) is 0 Å². The van der Waals surface area contributed by atoms with Crippen molar-refractivity contribution in [2.24, 2.45) is 0 Å². The second-order valence-corrected chi connectivity index (χ2v) is 3.94. The Morgan fingerprint density at radius 2 is 1.86 bits per heavy atom. The summed E-state index contributed by atoms with van der Waals surface area (Å²) in [5.41, 5.74) is 0.591. The Morgan fingerprint density at radius 3 is 2.29 bits per heavy atom. The van der Waals surface area contributed by atoms with Crippen LogP contribution < -0.4 is 0 Å². The Bertz CT molecular complexity index is 365. The maximum atomic E-state index is 11.2. The normalized spacial score (nSPS) is 9.50. The van der Waals surface area contributed by atoms with Gasteiger partial charge in [-0.1, -0.05) is 18.3 Å². The van der Waals surface area contributed by atoms with Crippen molar-refractivity contribution in [1.82, 2.24) is 0 Å². The van der Waals surface area contributed by atoms with Crippen LogP contribution in [0.2, 0.25) is 0 Å². The van der Waals surface area contributed by atoms with E-state index in [-0.39, 0.29) is 10.9 Å². The van der Waals surface area contributed by atoms with Crippen molar-refractivity contribution < 1.29 is 9.59 Å². The molecule has 72 valence electrons. The molecule has 0 N–H and O–H groups in total. The lowest BCUT2D eigenvalue weighted by molar-refractivity contribution is -0.109. The molecule has 1 aromatic rings. The van der Waals surface area contributed by atoms with Crippen LogP contribution in [0, 0.1) is 0 Å². The van der Waals surface area contributed by atoms with E-state index >= 15 is 0 Å². The average Bonchev–Trinajstić information content (AvgIpc) is 2.17. The molecule has 0 bridgehead atoms. The fourth-order valence-electron chi connectivity index (χ4n) is 0.971. The second kappa shape index (κ2) is 4.77. The lowest BCUT2D eigenvalue weighted by Crippen LogP contribution is -1.92. The van der Waals surface area contributed by atoms with Crippen LogP contribution in [-0.4, -0.2) is 10.9 Å². The van der Waals surface area contributed by atoms with Gasteiger partial charge in [0.25, 0.3) is 0 Å². The first-order chi connectivity index (χ1) is 6.63. The third-order valence-electron chi connectivity index (χ3n) is 1.59. The zero-order valence-corrected chi connectivity index (χ0v) is 8.64. The Kier molecular flexibility index (Phi) is 3.65. The van der Waals surface area contributed by atoms with E-state index in [2.05, 4.69) is 6.58 Å². The number of hydrogen-bond acceptors (Lipinski definition) is 3. The van der Waals surface area contributed by atoms with Crippen molar-refractivity contribution in [1.29, 1.82) is 0 Å². The van der Waals surface area contributed by atoms with Gasteiger partial charge in [0.15, 0.2) is 10.9 Å². The van der Waals surface area contributed by atoms with E-state index in [1.165, 1.54) is 13.0 Å². The van der Waals surface area contributed by atoms with E-state index in [0.29, 0.717) is 5.56 Å². The minimum Gasteiger partial charge on any atom is -0.289 e. The molecule has 1 rings (SSSR count). The average molecular weight is 206 g/mol. The smallest absolute Gasteiger partial charge is 0.190 e. The highest BCUT2D eigenvalue weighted by Crippen LogP contribution is 2.18. The van der Waals surface area contributed by atoms with E-state index < -0.39 is 0 Å². The maximum absolute atomic E-state index is 11.2. The summed E-state index contributed by atoms with van der Waals surface area (Å²) in [6.07, 6.45) is 1.27. The number of ketones is 1. The SMILES string of the molecule is C=CC(=O)c1ccc(SC(C)=O)cc1. The molecule has 0 aliphatic heterocycles. The maximum Gasteiger partial charge on any atom is 0.190 e. The first-order valence-corrected chi connectivity index (χ1v) is 4.90. The quantitative estimate of drug-likeness (QED) is 0.433. The Morgan fingerprint density at radius 1 is 1.29 bits per heavy atom. The van der Waals surface area contributed by atoms with Crippen molar-refractivity contribution in [3.8, 4) is 0 Å². The molecule has 0 fully saturated rings. The molecule has 0 saturated carbocycles. The standard InChI is InChI=1S/C11H10O2S/c1-3-11(13)9-4-6-10(7-5-9)14-8(2)12/h3-7H,1H2,2H3. The largest absolute Gasteiger partial charge is 0.289 e. The van der Waals surface area contributed by atoms with Crippen molar-refractivity contribution in [2.45, 2.75) is 11.8 Å². The van der Waals surface area contributed by atoms with Crippen LogP contribution in [0.3, 0.4) is 0 Å². The van der Waals surface area contributed by atoms with Gasteiger partial charge in [0, 0.05) is 17.4 Å². The summed E-state index contributed by atoms with van der Waals surface area (Å²) >= 11 is 1.15. The highest BCUT2D eigenvalue weighted by atomic mass is 32.2. The van der Waals surface area contributed by atoms with E-state index in [4.69, 9.17) is 0 Å². The zero-order valence-electron chi connectivity index (χ0n) is 7.82. The summed E-state index contributed by atoms with van der Waals surface area (Å²) in [6.45, 7) is 4.91. The first kappa shape index (κ1) is 10.7. The molecule has 0 aromatic heterocycles. The van der Waals surface area contributed by atoms with E-state index in [1.807, 2.05) is 0 Å². The van der Waals surface area contributed by atoms with E-state index in [1.54, 1.807) is 24.3 Å². The molecule has 0 heterocycles. The summed E-state index contributed by atoms with van der Waals surface area (Å²) in [4.78, 5) is 22.8. The molecule has 0 aliphatic rings. The van der Waals surface area contributed by atoms with Gasteiger partial charge in [0.1, 0.15) is 0 Å². The molecular formula is C11H10O2S. The lowest BCUT2D eigenvalue weighted by Gasteiger charge is -1.98. The summed E-state index contributed by atoms with van der Waals surface area (Å²) in [7, 11) is 0. The number of benzene rings is 1. The van der Waals surface area contributed by atoms with Crippen LogP contribution >= 0.6 is 11.8 Å². The molecule has 0 radical (unpaired) electrons. The summed E-state index contributed by atoms with van der Waals surface area (Å²) in [6, 6.07) is 6.89. The second-order valence-electron chi connectivity index (χ2n) is 2.69. The van der Waals surface area contributed by atoms with Gasteiger partial charge < -0.3 is 0 Å². The van der Waals surface area contributed by atoms with Crippen LogP contribution in [0.5, 0.6) is 0 Å². The molecule has 0 unspecified atom stereocenters. The number of allylic oxidation sites excluding steroid dienone is 1. The molecule has 3 heteroatoms. The third kappa shape index (κ3) is 2.85. The van der Waals surface area contributed by atoms with Gasteiger partial charge in [-0.25, -0.2) is 0 Å². The topological polar surface area (TPSA) is 34.1 Å². The third-order valence-corrected chi connectivity index (χ3v) is 2.38. The first-order valence-electron chi connectivity index (χ1n) is 4.08. The molecule has 0 amide bonds. The van der Waals surface area contributed by atoms with Gasteiger partial charge >= 0.3 is 0 Å². The predicted molar refractivity (Wildman–Crippen MR) is 57.5 cm³/mol. The van der Waals surface area contributed by atoms with E-state index in [0.717, 1.165) is 16.7 Å². The van der Waals surface area contributed by atoms with Crippen molar-refractivity contribution >= 4 is 22.7 Å². The number of hydrogen-bond donors (Lipinski definition) is 0. The van der Waals surface area contributed by atoms with Gasteiger partial charge in [-0.05, 0) is 30.3 Å². The molecule has 0 atom stereocenters. The van der Waals surface area contributed by atoms with Crippen molar-refractivity contribution in [3.05, 3.63) is 42.5 Å². The molecule has 0 aliphatic carbocycles. The zero-order chi connectivity index (χ0) is 10.6. The van der Waals surface area contributed by atoms with Crippen LogP contribution in [0.1, 0.15) is 17.3 Å². The van der Waals surface area contributed by atoms with Gasteiger partial charge in [0.2, 0.25) is 0 Å². The fourth-order valence-corrected chi connectivity index (χ4v) is 1.58. The molecular weight excluding hydrogens is 196 g/mol. The number of carbonyl (C=O) groups excluding carboxylic acids is 2. The Hall–Kier alpha value is -1.35. The molecule has 0 saturated heterocycles. The number of carbonyl (C=O) groups is 2. The van der Waals surface area contributed by atoms with Crippen molar-refractivity contribution in [2.75, 3.05) is 0 Å². The lowest BCUT2D eigenvalue weighted by atomic mass is 10.1. The van der Waals surface area contributed by atoms with Crippen LogP contribution in [0.15, 0.2) is 41.8 Å². The van der Waals surface area contributed by atoms with Crippen LogP contribution in [0.4, 0.5) is 0 Å². The van der Waals surface area contributed by atoms with Gasteiger partial charge in [-0.15, -0.1) is 0 Å². The van der Waals surface area contributed by atoms with Gasteiger partial charge in [-0.2, -0.15) is 0 Å². The summed E-state index contributed by atoms with van der Waals surface area (Å²) < 4.78 is 0. The van der Waals surface area contributed by atoms with Gasteiger partial charge in [0.05, 0.1) is 0 Å². The Labute approximate surface area is 87.0 Å². The minimum atomic E-state index is -0.107. The summed E-state index contributed by atoms with van der Waals surface area (Å²) in [5.74, 6) is -0.107. The van der Waals surface area contributed by atoms with Crippen LogP contribution in [-0.2, 0) is 4.79 Å². The molecule has 14 heavy (non-hydrogen) atoms. The monoisotopic (exact) mass is 206 g/mol. The Balaban J connectivity index is 2.83. The minimum absolute atomic E-state index is 0.0350. The molecule has 1 aromatic carbocycles. The number of thioether (sulfide) groups is 1. The molecule has 2 nitrogen and oxygen atoms in total.